The summed E-state index contributed by atoms with van der Waals surface area (Å²) in [6.07, 6.45) is 1.09. The van der Waals surface area contributed by atoms with Crippen molar-refractivity contribution in [3.63, 3.8) is 0 Å². The third-order valence-corrected chi connectivity index (χ3v) is 7.36. The smallest absolute Gasteiger partial charge is 0.417 e. The Labute approximate surface area is 185 Å². The Hall–Kier alpha value is -2.51. The molecule has 1 saturated heterocycles. The number of alkyl halides is 3. The first kappa shape index (κ1) is 22.7. The van der Waals surface area contributed by atoms with Gasteiger partial charge in [0.1, 0.15) is 0 Å². The molecule has 4 rings (SSSR count). The molecule has 1 aliphatic carbocycles. The number of carboxylic acids is 1. The standard InChI is InChI=1S/C24H29F3N2O3/c1-14(17-13-28(2)20-10-4-8-18(22(17)20)24(25,26)27)12-21(30)29-11-5-7-15-16(23(31)32)6-3-9-19(15)29/h4,8,10,13-16,19H,3,5-7,9,11-12H2,1-2H3,(H,31,32). The first-order valence-electron chi connectivity index (χ1n) is 11.3. The molecule has 32 heavy (non-hydrogen) atoms. The third-order valence-electron chi connectivity index (χ3n) is 7.36. The number of halogens is 3. The number of likely N-dealkylation sites (tertiary alicyclic amines) is 1. The number of fused-ring (bicyclic) bond motifs is 2. The molecule has 1 aromatic carbocycles. The predicted octanol–water partition coefficient (Wildman–Crippen LogP) is 5.18. The van der Waals surface area contributed by atoms with E-state index in [1.807, 2.05) is 4.90 Å². The summed E-state index contributed by atoms with van der Waals surface area (Å²) in [6.45, 7) is 2.38. The van der Waals surface area contributed by atoms with Gasteiger partial charge in [0.15, 0.2) is 0 Å². The number of aromatic nitrogens is 1. The van der Waals surface area contributed by atoms with E-state index in [1.165, 1.54) is 6.07 Å². The molecule has 1 amide bonds. The molecule has 1 aliphatic heterocycles. The third kappa shape index (κ3) is 3.99. The zero-order chi connectivity index (χ0) is 23.2. The maximum absolute atomic E-state index is 13.7. The number of hydrogen-bond acceptors (Lipinski definition) is 2. The molecule has 4 unspecified atom stereocenters. The Balaban J connectivity index is 1.59. The van der Waals surface area contributed by atoms with Gasteiger partial charge in [-0.3, -0.25) is 9.59 Å². The fraction of sp³-hybridized carbons (Fsp3) is 0.583. The number of amides is 1. The average molecular weight is 451 g/mol. The van der Waals surface area contributed by atoms with Crippen LogP contribution in [0.5, 0.6) is 0 Å². The second kappa shape index (κ2) is 8.45. The van der Waals surface area contributed by atoms with Gasteiger partial charge in [0.25, 0.3) is 0 Å². The monoisotopic (exact) mass is 450 g/mol. The maximum Gasteiger partial charge on any atom is 0.417 e. The second-order valence-electron chi connectivity index (χ2n) is 9.33. The normalized spacial score (nSPS) is 24.9. The van der Waals surface area contributed by atoms with E-state index >= 15 is 0 Å². The first-order valence-corrected chi connectivity index (χ1v) is 11.3. The lowest BCUT2D eigenvalue weighted by molar-refractivity contribution is -0.152. The van der Waals surface area contributed by atoms with Crippen LogP contribution in [0.1, 0.15) is 62.5 Å². The van der Waals surface area contributed by atoms with E-state index in [2.05, 4.69) is 0 Å². The number of benzene rings is 1. The molecule has 2 aliphatic rings. The first-order chi connectivity index (χ1) is 15.1. The minimum Gasteiger partial charge on any atom is -0.481 e. The highest BCUT2D eigenvalue weighted by atomic mass is 19.4. The Morgan fingerprint density at radius 1 is 1.19 bits per heavy atom. The van der Waals surface area contributed by atoms with E-state index in [0.29, 0.717) is 24.0 Å². The molecule has 2 fully saturated rings. The number of carbonyl (C=O) groups is 2. The van der Waals surface area contributed by atoms with Crippen LogP contribution in [-0.4, -0.2) is 39.0 Å². The molecule has 5 nitrogen and oxygen atoms in total. The average Bonchev–Trinajstić information content (AvgIpc) is 3.08. The molecule has 0 radical (unpaired) electrons. The van der Waals surface area contributed by atoms with Crippen LogP contribution in [-0.2, 0) is 22.8 Å². The number of rotatable bonds is 4. The summed E-state index contributed by atoms with van der Waals surface area (Å²) in [5, 5.41) is 9.75. The molecule has 1 saturated carbocycles. The summed E-state index contributed by atoms with van der Waals surface area (Å²) < 4.78 is 42.7. The molecule has 1 aromatic heterocycles. The van der Waals surface area contributed by atoms with Crippen LogP contribution in [0.15, 0.2) is 24.4 Å². The predicted molar refractivity (Wildman–Crippen MR) is 114 cm³/mol. The number of hydrogen-bond donors (Lipinski definition) is 1. The summed E-state index contributed by atoms with van der Waals surface area (Å²) in [5.41, 5.74) is 0.327. The highest BCUT2D eigenvalue weighted by molar-refractivity contribution is 5.89. The summed E-state index contributed by atoms with van der Waals surface area (Å²) >= 11 is 0. The van der Waals surface area contributed by atoms with Gasteiger partial charge in [-0.2, -0.15) is 13.2 Å². The number of aliphatic carboxylic acids is 1. The Bertz CT molecular complexity index is 1030. The second-order valence-corrected chi connectivity index (χ2v) is 9.33. The molecule has 174 valence electrons. The van der Waals surface area contributed by atoms with E-state index in [9.17, 15) is 27.9 Å². The molecule has 0 bridgehead atoms. The van der Waals surface area contributed by atoms with Crippen molar-refractivity contribution in [3.05, 3.63) is 35.5 Å². The van der Waals surface area contributed by atoms with Crippen LogP contribution in [0.25, 0.3) is 10.9 Å². The van der Waals surface area contributed by atoms with E-state index < -0.39 is 29.5 Å². The molecular weight excluding hydrogens is 421 g/mol. The summed E-state index contributed by atoms with van der Waals surface area (Å²) in [7, 11) is 1.71. The van der Waals surface area contributed by atoms with Crippen LogP contribution in [0.2, 0.25) is 0 Å². The molecule has 2 aromatic rings. The van der Waals surface area contributed by atoms with Crippen molar-refractivity contribution in [2.75, 3.05) is 6.54 Å². The van der Waals surface area contributed by atoms with Crippen LogP contribution in [0.4, 0.5) is 13.2 Å². The zero-order valence-electron chi connectivity index (χ0n) is 18.4. The van der Waals surface area contributed by atoms with Gasteiger partial charge in [-0.1, -0.05) is 19.4 Å². The topological polar surface area (TPSA) is 62.5 Å². The number of carboxylic acid groups (broad SMARTS) is 1. The minimum atomic E-state index is -4.48. The molecule has 1 N–H and O–H groups in total. The Morgan fingerprint density at radius 3 is 2.62 bits per heavy atom. The highest BCUT2D eigenvalue weighted by Crippen LogP contribution is 2.42. The highest BCUT2D eigenvalue weighted by Gasteiger charge is 2.43. The molecular formula is C24H29F3N2O3. The van der Waals surface area contributed by atoms with Gasteiger partial charge in [0, 0.05) is 43.2 Å². The van der Waals surface area contributed by atoms with Crippen molar-refractivity contribution >= 4 is 22.8 Å². The van der Waals surface area contributed by atoms with E-state index in [-0.39, 0.29) is 29.7 Å². The van der Waals surface area contributed by atoms with Gasteiger partial charge in [-0.15, -0.1) is 0 Å². The lowest BCUT2D eigenvalue weighted by Gasteiger charge is -2.46. The zero-order valence-corrected chi connectivity index (χ0v) is 18.4. The lowest BCUT2D eigenvalue weighted by atomic mass is 9.71. The summed E-state index contributed by atoms with van der Waals surface area (Å²) in [4.78, 5) is 26.8. The lowest BCUT2D eigenvalue weighted by Crippen LogP contribution is -2.53. The van der Waals surface area contributed by atoms with Crippen molar-refractivity contribution in [2.45, 2.75) is 63.6 Å². The van der Waals surface area contributed by atoms with Crippen molar-refractivity contribution < 1.29 is 27.9 Å². The van der Waals surface area contributed by atoms with Gasteiger partial charge in [-0.05, 0) is 55.2 Å². The number of nitrogens with zero attached hydrogens (tertiary/aromatic N) is 2. The van der Waals surface area contributed by atoms with Gasteiger partial charge in [-0.25, -0.2) is 0 Å². The molecule has 0 spiro atoms. The van der Waals surface area contributed by atoms with E-state index in [4.69, 9.17) is 0 Å². The Kier molecular flexibility index (Phi) is 5.98. The van der Waals surface area contributed by atoms with E-state index in [1.54, 1.807) is 30.8 Å². The van der Waals surface area contributed by atoms with E-state index in [0.717, 1.165) is 31.7 Å². The molecule has 2 heterocycles. The Morgan fingerprint density at radius 2 is 1.94 bits per heavy atom. The fourth-order valence-electron chi connectivity index (χ4n) is 5.88. The SMILES string of the molecule is CC(CC(=O)N1CCCC2C(C(=O)O)CCCC21)c1cn(C)c2cccc(C(F)(F)F)c12. The largest absolute Gasteiger partial charge is 0.481 e. The number of aryl methyl sites for hydroxylation is 1. The van der Waals surface area contributed by atoms with Gasteiger partial charge < -0.3 is 14.6 Å². The maximum atomic E-state index is 13.7. The fourth-order valence-corrected chi connectivity index (χ4v) is 5.88. The van der Waals surface area contributed by atoms with Crippen LogP contribution in [0, 0.1) is 11.8 Å². The van der Waals surface area contributed by atoms with Crippen molar-refractivity contribution in [1.29, 1.82) is 0 Å². The minimum absolute atomic E-state index is 0.0383. The summed E-state index contributed by atoms with van der Waals surface area (Å²) in [6, 6.07) is 4.06. The van der Waals surface area contributed by atoms with Crippen molar-refractivity contribution in [1.82, 2.24) is 9.47 Å². The van der Waals surface area contributed by atoms with Gasteiger partial charge in [0.05, 0.1) is 11.5 Å². The van der Waals surface area contributed by atoms with Crippen LogP contribution in [0.3, 0.4) is 0 Å². The molecule has 8 heteroatoms. The number of carbonyl (C=O) groups excluding carboxylic acids is 1. The van der Waals surface area contributed by atoms with Gasteiger partial charge in [0.2, 0.25) is 5.91 Å². The van der Waals surface area contributed by atoms with Crippen molar-refractivity contribution in [3.8, 4) is 0 Å². The van der Waals surface area contributed by atoms with Crippen LogP contribution < -0.4 is 0 Å². The molecule has 4 atom stereocenters. The summed E-state index contributed by atoms with van der Waals surface area (Å²) in [5.74, 6) is -1.75. The quantitative estimate of drug-likeness (QED) is 0.698. The van der Waals surface area contributed by atoms with Gasteiger partial charge >= 0.3 is 12.1 Å². The van der Waals surface area contributed by atoms with Crippen LogP contribution >= 0.6 is 0 Å². The van der Waals surface area contributed by atoms with Crippen molar-refractivity contribution in [2.24, 2.45) is 18.9 Å². The number of piperidine rings is 1.